The highest BCUT2D eigenvalue weighted by molar-refractivity contribution is 5.78. The minimum Gasteiger partial charge on any atom is -0.480 e. The van der Waals surface area contributed by atoms with Crippen molar-refractivity contribution in [1.29, 1.82) is 0 Å². The minimum atomic E-state index is -0.693. The van der Waals surface area contributed by atoms with Gasteiger partial charge in [0, 0.05) is 12.1 Å². The van der Waals surface area contributed by atoms with Crippen LogP contribution in [0.2, 0.25) is 0 Å². The molecule has 4 heteroatoms. The quantitative estimate of drug-likeness (QED) is 0.581. The predicted octanol–water partition coefficient (Wildman–Crippen LogP) is 3.02. The fourth-order valence-corrected chi connectivity index (χ4v) is 3.15. The molecular formula is C17H32N2O2. The van der Waals surface area contributed by atoms with Gasteiger partial charge in [-0.3, -0.25) is 10.1 Å². The molecule has 122 valence electrons. The molecule has 2 N–H and O–H groups in total. The van der Waals surface area contributed by atoms with Crippen molar-refractivity contribution < 1.29 is 9.90 Å². The van der Waals surface area contributed by atoms with E-state index in [4.69, 9.17) is 0 Å². The van der Waals surface area contributed by atoms with Crippen molar-refractivity contribution in [1.82, 2.24) is 10.2 Å². The molecule has 2 fully saturated rings. The van der Waals surface area contributed by atoms with Crippen LogP contribution in [0.3, 0.4) is 0 Å². The number of hydrogen-bond donors (Lipinski definition) is 2. The lowest BCUT2D eigenvalue weighted by molar-refractivity contribution is -0.145. The van der Waals surface area contributed by atoms with Crippen molar-refractivity contribution in [3.8, 4) is 0 Å². The number of carboxylic acids is 1. The number of carbonyl (C=O) groups is 1. The van der Waals surface area contributed by atoms with E-state index in [1.54, 1.807) is 0 Å². The maximum absolute atomic E-state index is 11.7. The van der Waals surface area contributed by atoms with Crippen molar-refractivity contribution in [2.45, 2.75) is 89.3 Å². The van der Waals surface area contributed by atoms with E-state index >= 15 is 0 Å². The summed E-state index contributed by atoms with van der Waals surface area (Å²) < 4.78 is 0. The van der Waals surface area contributed by atoms with E-state index in [0.29, 0.717) is 12.5 Å². The maximum Gasteiger partial charge on any atom is 0.323 e. The topological polar surface area (TPSA) is 52.6 Å². The number of aliphatic carboxylic acids is 1. The van der Waals surface area contributed by atoms with Crippen LogP contribution in [0.5, 0.6) is 0 Å². The summed E-state index contributed by atoms with van der Waals surface area (Å²) in [5.74, 6) is -0.663. The number of unbranched alkanes of at least 4 members (excludes halogenated alkanes) is 1. The molecule has 4 nitrogen and oxygen atoms in total. The van der Waals surface area contributed by atoms with Crippen LogP contribution in [-0.4, -0.2) is 46.7 Å². The van der Waals surface area contributed by atoms with Gasteiger partial charge in [0.2, 0.25) is 0 Å². The summed E-state index contributed by atoms with van der Waals surface area (Å²) in [6, 6.07) is 1.23. The first-order valence-corrected chi connectivity index (χ1v) is 8.86. The number of carboxylic acid groups (broad SMARTS) is 1. The Bertz CT molecular complexity index is 340. The second-order valence-corrected chi connectivity index (χ2v) is 6.88. The number of nitrogens with one attached hydrogen (secondary N) is 1. The van der Waals surface area contributed by atoms with Gasteiger partial charge in [-0.1, -0.05) is 20.3 Å². The molecule has 0 heterocycles. The molecule has 2 saturated carbocycles. The van der Waals surface area contributed by atoms with E-state index in [0.717, 1.165) is 38.3 Å². The largest absolute Gasteiger partial charge is 0.480 e. The first kappa shape index (κ1) is 16.8. The van der Waals surface area contributed by atoms with Gasteiger partial charge < -0.3 is 10.0 Å². The minimum absolute atomic E-state index is 0.445. The first-order chi connectivity index (χ1) is 10.1. The third-order valence-electron chi connectivity index (χ3n) is 4.98. The van der Waals surface area contributed by atoms with Crippen molar-refractivity contribution in [3.05, 3.63) is 0 Å². The number of nitrogens with zero attached hydrogens (tertiary/aromatic N) is 1. The highest BCUT2D eigenvalue weighted by Crippen LogP contribution is 2.30. The molecule has 2 rings (SSSR count). The van der Waals surface area contributed by atoms with E-state index in [-0.39, 0.29) is 0 Å². The molecule has 0 radical (unpaired) electrons. The molecule has 0 bridgehead atoms. The van der Waals surface area contributed by atoms with E-state index in [2.05, 4.69) is 17.1 Å². The lowest BCUT2D eigenvalue weighted by Crippen LogP contribution is -2.53. The van der Waals surface area contributed by atoms with Crippen LogP contribution in [0.1, 0.15) is 71.6 Å². The normalized spacial score (nSPS) is 21.5. The summed E-state index contributed by atoms with van der Waals surface area (Å²) in [6.07, 6.45) is 9.86. The predicted molar refractivity (Wildman–Crippen MR) is 85.6 cm³/mol. The van der Waals surface area contributed by atoms with Crippen molar-refractivity contribution in [3.63, 3.8) is 0 Å². The second-order valence-electron chi connectivity index (χ2n) is 6.88. The van der Waals surface area contributed by atoms with Crippen molar-refractivity contribution in [2.75, 3.05) is 13.1 Å². The average Bonchev–Trinajstić information content (AvgIpc) is 3.34. The molecule has 2 aliphatic rings. The van der Waals surface area contributed by atoms with Crippen LogP contribution >= 0.6 is 0 Å². The molecule has 0 spiro atoms. The van der Waals surface area contributed by atoms with Gasteiger partial charge in [0.1, 0.15) is 5.54 Å². The van der Waals surface area contributed by atoms with Crippen LogP contribution in [0, 0.1) is 0 Å². The van der Waals surface area contributed by atoms with Crippen LogP contribution in [-0.2, 0) is 4.79 Å². The summed E-state index contributed by atoms with van der Waals surface area (Å²) in [4.78, 5) is 14.3. The van der Waals surface area contributed by atoms with Gasteiger partial charge in [-0.05, 0) is 64.5 Å². The fraction of sp³-hybridized carbons (Fsp3) is 0.941. The lowest BCUT2D eigenvalue weighted by atomic mass is 9.90. The zero-order valence-corrected chi connectivity index (χ0v) is 13.7. The highest BCUT2D eigenvalue weighted by Gasteiger charge is 2.41. The smallest absolute Gasteiger partial charge is 0.323 e. The molecule has 21 heavy (non-hydrogen) atoms. The van der Waals surface area contributed by atoms with Crippen LogP contribution in [0.4, 0.5) is 0 Å². The van der Waals surface area contributed by atoms with E-state index in [9.17, 15) is 9.90 Å². The van der Waals surface area contributed by atoms with Crippen LogP contribution in [0.15, 0.2) is 0 Å². The summed E-state index contributed by atoms with van der Waals surface area (Å²) in [5, 5.41) is 13.0. The monoisotopic (exact) mass is 296 g/mol. The molecule has 0 aromatic heterocycles. The molecular weight excluding hydrogens is 264 g/mol. The number of rotatable bonds is 12. The number of hydrogen-bond acceptors (Lipinski definition) is 3. The summed E-state index contributed by atoms with van der Waals surface area (Å²) in [6.45, 7) is 6.48. The van der Waals surface area contributed by atoms with Crippen molar-refractivity contribution >= 4 is 5.97 Å². The van der Waals surface area contributed by atoms with Gasteiger partial charge in [0.05, 0.1) is 0 Å². The molecule has 0 aliphatic heterocycles. The summed E-state index contributed by atoms with van der Waals surface area (Å²) in [5.41, 5.74) is -0.693. The Labute approximate surface area is 129 Å². The van der Waals surface area contributed by atoms with E-state index in [1.807, 2.05) is 6.92 Å². The lowest BCUT2D eigenvalue weighted by Gasteiger charge is -2.31. The van der Waals surface area contributed by atoms with Gasteiger partial charge in [-0.15, -0.1) is 0 Å². The Morgan fingerprint density at radius 1 is 1.19 bits per heavy atom. The Kier molecular flexibility index (Phi) is 6.06. The summed E-state index contributed by atoms with van der Waals surface area (Å²) >= 11 is 0. The van der Waals surface area contributed by atoms with Crippen LogP contribution < -0.4 is 5.32 Å². The zero-order valence-electron chi connectivity index (χ0n) is 13.7. The Morgan fingerprint density at radius 3 is 2.33 bits per heavy atom. The van der Waals surface area contributed by atoms with Gasteiger partial charge >= 0.3 is 5.97 Å². The van der Waals surface area contributed by atoms with Gasteiger partial charge in [0.15, 0.2) is 0 Å². The Balaban J connectivity index is 1.80. The van der Waals surface area contributed by atoms with Gasteiger partial charge in [-0.25, -0.2) is 0 Å². The van der Waals surface area contributed by atoms with Crippen LogP contribution in [0.25, 0.3) is 0 Å². The molecule has 0 saturated heterocycles. The molecule has 0 aromatic rings. The SMILES string of the molecule is CCCCN(CCCC(CC)(NC1CC1)C(=O)O)C1CC1. The van der Waals surface area contributed by atoms with Gasteiger partial charge in [-0.2, -0.15) is 0 Å². The van der Waals surface area contributed by atoms with E-state index < -0.39 is 11.5 Å². The molecule has 1 unspecified atom stereocenters. The van der Waals surface area contributed by atoms with Crippen molar-refractivity contribution in [2.24, 2.45) is 0 Å². The highest BCUT2D eigenvalue weighted by atomic mass is 16.4. The molecule has 2 aliphatic carbocycles. The molecule has 0 amide bonds. The molecule has 0 aromatic carbocycles. The third-order valence-corrected chi connectivity index (χ3v) is 4.98. The van der Waals surface area contributed by atoms with Gasteiger partial charge in [0.25, 0.3) is 0 Å². The second kappa shape index (κ2) is 7.59. The maximum atomic E-state index is 11.7. The zero-order chi connectivity index (χ0) is 15.3. The third kappa shape index (κ3) is 4.96. The first-order valence-electron chi connectivity index (χ1n) is 8.86. The van der Waals surface area contributed by atoms with E-state index in [1.165, 1.54) is 32.2 Å². The Morgan fingerprint density at radius 2 is 1.86 bits per heavy atom. The fourth-order valence-electron chi connectivity index (χ4n) is 3.15. The Hall–Kier alpha value is -0.610. The standard InChI is InChI=1S/C17H32N2O2/c1-3-5-12-19(15-9-10-15)13-6-11-17(4-2,16(20)21)18-14-7-8-14/h14-15,18H,3-13H2,1-2H3,(H,20,21). The summed E-state index contributed by atoms with van der Waals surface area (Å²) in [7, 11) is 0. The molecule has 1 atom stereocenters. The average molecular weight is 296 g/mol.